The van der Waals surface area contributed by atoms with E-state index in [9.17, 15) is 4.21 Å². The molecule has 0 aromatic heterocycles. The Morgan fingerprint density at radius 3 is 2.00 bits per heavy atom. The van der Waals surface area contributed by atoms with Gasteiger partial charge in [0, 0.05) is 21.3 Å². The highest BCUT2D eigenvalue weighted by atomic mass is 32.2. The number of rotatable bonds is 3. The lowest BCUT2D eigenvalue weighted by atomic mass is 9.95. The Bertz CT molecular complexity index is 209. The van der Waals surface area contributed by atoms with Crippen molar-refractivity contribution in [2.24, 2.45) is 11.3 Å². The van der Waals surface area contributed by atoms with Gasteiger partial charge < -0.3 is 0 Å². The Hall–Kier alpha value is 0.150. The zero-order valence-electron chi connectivity index (χ0n) is 9.52. The topological polar surface area (TPSA) is 17.1 Å². The van der Waals surface area contributed by atoms with Crippen molar-refractivity contribution in [1.29, 1.82) is 0 Å². The Balaban J connectivity index is 2.55. The first kappa shape index (κ1) is 11.2. The molecule has 1 unspecified atom stereocenters. The van der Waals surface area contributed by atoms with Crippen LogP contribution in [0.15, 0.2) is 0 Å². The summed E-state index contributed by atoms with van der Waals surface area (Å²) in [5.41, 5.74) is 0.429. The zero-order chi connectivity index (χ0) is 10.3. The largest absolute Gasteiger partial charge is 0.259 e. The SMILES string of the molecule is CC(C)C1(CS(=O)C(C)(C)C)CC1. The molecule has 0 N–H and O–H groups in total. The molecular weight excluding hydrogens is 180 g/mol. The normalized spacial score (nSPS) is 23.2. The maximum atomic E-state index is 11.9. The van der Waals surface area contributed by atoms with Crippen molar-refractivity contribution in [3.05, 3.63) is 0 Å². The van der Waals surface area contributed by atoms with Crippen molar-refractivity contribution in [1.82, 2.24) is 0 Å². The molecule has 0 aromatic carbocycles. The van der Waals surface area contributed by atoms with E-state index in [0.29, 0.717) is 11.3 Å². The van der Waals surface area contributed by atoms with Gasteiger partial charge in [0.15, 0.2) is 0 Å². The second-order valence-electron chi connectivity index (χ2n) is 5.62. The smallest absolute Gasteiger partial charge is 0.0375 e. The minimum Gasteiger partial charge on any atom is -0.259 e. The molecule has 1 rings (SSSR count). The molecule has 0 aliphatic heterocycles. The lowest BCUT2D eigenvalue weighted by molar-refractivity contribution is 0.399. The van der Waals surface area contributed by atoms with Crippen molar-refractivity contribution >= 4 is 10.8 Å². The van der Waals surface area contributed by atoms with Crippen LogP contribution in [0, 0.1) is 11.3 Å². The summed E-state index contributed by atoms with van der Waals surface area (Å²) >= 11 is 0. The van der Waals surface area contributed by atoms with Crippen LogP contribution in [-0.2, 0) is 10.8 Å². The highest BCUT2D eigenvalue weighted by Crippen LogP contribution is 2.52. The highest BCUT2D eigenvalue weighted by Gasteiger charge is 2.47. The van der Waals surface area contributed by atoms with Gasteiger partial charge in [0.1, 0.15) is 0 Å². The minimum absolute atomic E-state index is 0.0372. The van der Waals surface area contributed by atoms with Crippen molar-refractivity contribution in [3.63, 3.8) is 0 Å². The highest BCUT2D eigenvalue weighted by molar-refractivity contribution is 7.86. The van der Waals surface area contributed by atoms with Crippen molar-refractivity contribution in [3.8, 4) is 0 Å². The molecule has 1 saturated carbocycles. The fraction of sp³-hybridized carbons (Fsp3) is 1.00. The van der Waals surface area contributed by atoms with E-state index in [4.69, 9.17) is 0 Å². The van der Waals surface area contributed by atoms with Crippen LogP contribution in [0.25, 0.3) is 0 Å². The minimum atomic E-state index is -0.665. The number of hydrogen-bond donors (Lipinski definition) is 0. The fourth-order valence-corrected chi connectivity index (χ4v) is 3.10. The van der Waals surface area contributed by atoms with Crippen LogP contribution in [0.3, 0.4) is 0 Å². The summed E-state index contributed by atoms with van der Waals surface area (Å²) < 4.78 is 11.9. The van der Waals surface area contributed by atoms with E-state index in [-0.39, 0.29) is 4.75 Å². The van der Waals surface area contributed by atoms with Crippen LogP contribution in [-0.4, -0.2) is 14.7 Å². The van der Waals surface area contributed by atoms with Gasteiger partial charge in [-0.25, -0.2) is 0 Å². The molecule has 0 heterocycles. The first-order chi connectivity index (χ1) is 5.78. The molecule has 78 valence electrons. The average molecular weight is 202 g/mol. The molecule has 0 aromatic rings. The monoisotopic (exact) mass is 202 g/mol. The van der Waals surface area contributed by atoms with E-state index in [1.54, 1.807) is 0 Å². The molecule has 13 heavy (non-hydrogen) atoms. The predicted molar refractivity (Wildman–Crippen MR) is 59.3 cm³/mol. The summed E-state index contributed by atoms with van der Waals surface area (Å²) in [5.74, 6) is 1.60. The quantitative estimate of drug-likeness (QED) is 0.687. The molecule has 0 saturated heterocycles. The summed E-state index contributed by atoms with van der Waals surface area (Å²) in [5, 5.41) is 0. The Labute approximate surface area is 84.8 Å². The molecule has 2 heteroatoms. The molecule has 1 atom stereocenters. The summed E-state index contributed by atoms with van der Waals surface area (Å²) in [6.45, 7) is 10.7. The van der Waals surface area contributed by atoms with E-state index >= 15 is 0 Å². The summed E-state index contributed by atoms with van der Waals surface area (Å²) in [6, 6.07) is 0. The van der Waals surface area contributed by atoms with Crippen LogP contribution in [0.4, 0.5) is 0 Å². The van der Waals surface area contributed by atoms with E-state index in [1.165, 1.54) is 12.8 Å². The molecule has 1 aliphatic carbocycles. The molecule has 1 aliphatic rings. The molecule has 0 bridgehead atoms. The third-order valence-corrected chi connectivity index (χ3v) is 5.42. The fourth-order valence-electron chi connectivity index (χ4n) is 1.53. The first-order valence-electron chi connectivity index (χ1n) is 5.16. The second kappa shape index (κ2) is 3.38. The van der Waals surface area contributed by atoms with Gasteiger partial charge in [0.25, 0.3) is 0 Å². The standard InChI is InChI=1S/C11H22OS/c1-9(2)11(6-7-11)8-13(12)10(3,4)5/h9H,6-8H2,1-5H3. The summed E-state index contributed by atoms with van der Waals surface area (Å²) in [4.78, 5) is 0. The Kier molecular flexibility index (Phi) is 2.92. The van der Waals surface area contributed by atoms with Crippen molar-refractivity contribution in [2.75, 3.05) is 5.75 Å². The van der Waals surface area contributed by atoms with Crippen molar-refractivity contribution in [2.45, 2.75) is 52.2 Å². The van der Waals surface area contributed by atoms with Crippen molar-refractivity contribution < 1.29 is 4.21 Å². The van der Waals surface area contributed by atoms with Gasteiger partial charge in [0.2, 0.25) is 0 Å². The molecule has 0 radical (unpaired) electrons. The van der Waals surface area contributed by atoms with Crippen LogP contribution >= 0.6 is 0 Å². The second-order valence-corrected chi connectivity index (χ2v) is 7.82. The summed E-state index contributed by atoms with van der Waals surface area (Å²) in [7, 11) is -0.665. The molecule has 0 amide bonds. The van der Waals surface area contributed by atoms with E-state index in [1.807, 2.05) is 0 Å². The van der Waals surface area contributed by atoms with Crippen LogP contribution in [0.5, 0.6) is 0 Å². The van der Waals surface area contributed by atoms with Gasteiger partial charge >= 0.3 is 0 Å². The van der Waals surface area contributed by atoms with Gasteiger partial charge in [-0.05, 0) is 44.9 Å². The lowest BCUT2D eigenvalue weighted by Crippen LogP contribution is -2.30. The molecule has 1 nitrogen and oxygen atoms in total. The third kappa shape index (κ3) is 2.55. The molecule has 1 fully saturated rings. The van der Waals surface area contributed by atoms with E-state index in [2.05, 4.69) is 34.6 Å². The maximum absolute atomic E-state index is 11.9. The van der Waals surface area contributed by atoms with Crippen LogP contribution < -0.4 is 0 Å². The number of hydrogen-bond acceptors (Lipinski definition) is 1. The van der Waals surface area contributed by atoms with Gasteiger partial charge in [-0.15, -0.1) is 0 Å². The summed E-state index contributed by atoms with van der Waals surface area (Å²) in [6.07, 6.45) is 2.57. The van der Waals surface area contributed by atoms with E-state index < -0.39 is 10.8 Å². The zero-order valence-corrected chi connectivity index (χ0v) is 10.3. The Morgan fingerprint density at radius 1 is 1.31 bits per heavy atom. The van der Waals surface area contributed by atoms with Gasteiger partial charge in [-0.1, -0.05) is 13.8 Å². The first-order valence-corrected chi connectivity index (χ1v) is 6.48. The molecular formula is C11H22OS. The maximum Gasteiger partial charge on any atom is 0.0375 e. The van der Waals surface area contributed by atoms with Crippen LogP contribution in [0.2, 0.25) is 0 Å². The third-order valence-electron chi connectivity index (χ3n) is 3.22. The average Bonchev–Trinajstić information content (AvgIpc) is 2.66. The van der Waals surface area contributed by atoms with Gasteiger partial charge in [0.05, 0.1) is 0 Å². The molecule has 0 spiro atoms. The van der Waals surface area contributed by atoms with Gasteiger partial charge in [-0.3, -0.25) is 4.21 Å². The van der Waals surface area contributed by atoms with E-state index in [0.717, 1.165) is 5.75 Å². The van der Waals surface area contributed by atoms with Gasteiger partial charge in [-0.2, -0.15) is 0 Å². The predicted octanol–water partition coefficient (Wildman–Crippen LogP) is 2.97. The lowest BCUT2D eigenvalue weighted by Gasteiger charge is -2.24. The van der Waals surface area contributed by atoms with Crippen LogP contribution in [0.1, 0.15) is 47.5 Å². The Morgan fingerprint density at radius 2 is 1.77 bits per heavy atom.